The van der Waals surface area contributed by atoms with Gasteiger partial charge in [0.1, 0.15) is 11.6 Å². The van der Waals surface area contributed by atoms with Gasteiger partial charge in [0, 0.05) is 18.3 Å². The van der Waals surface area contributed by atoms with E-state index in [-0.39, 0.29) is 17.1 Å². The van der Waals surface area contributed by atoms with Crippen LogP contribution >= 0.6 is 0 Å². The molecule has 15 heavy (non-hydrogen) atoms. The van der Waals surface area contributed by atoms with Gasteiger partial charge in [0.25, 0.3) is 0 Å². The number of ketones is 2. The van der Waals surface area contributed by atoms with Crippen molar-refractivity contribution in [2.75, 3.05) is 0 Å². The van der Waals surface area contributed by atoms with Crippen LogP contribution < -0.4 is 0 Å². The average Bonchev–Trinajstić information content (AvgIpc) is 2.41. The van der Waals surface area contributed by atoms with Crippen molar-refractivity contribution in [1.82, 2.24) is 0 Å². The first kappa shape index (κ1) is 12.2. The van der Waals surface area contributed by atoms with Gasteiger partial charge in [-0.05, 0) is 32.6 Å². The summed E-state index contributed by atoms with van der Waals surface area (Å²) in [5.74, 6) is 0.734. The maximum atomic E-state index is 11.9. The quantitative estimate of drug-likeness (QED) is 0.666. The lowest BCUT2D eigenvalue weighted by molar-refractivity contribution is -0.127. The zero-order chi connectivity index (χ0) is 11.6. The smallest absolute Gasteiger partial charge is 0.139 e. The summed E-state index contributed by atoms with van der Waals surface area (Å²) in [4.78, 5) is 22.9. The van der Waals surface area contributed by atoms with E-state index in [0.717, 1.165) is 12.0 Å². The molecule has 1 saturated carbocycles. The third-order valence-electron chi connectivity index (χ3n) is 3.66. The predicted molar refractivity (Wildman–Crippen MR) is 60.6 cm³/mol. The van der Waals surface area contributed by atoms with Crippen molar-refractivity contribution >= 4 is 11.6 Å². The molecule has 0 unspecified atom stereocenters. The second-order valence-electron chi connectivity index (χ2n) is 4.98. The first-order valence-electron chi connectivity index (χ1n) is 5.56. The third-order valence-corrected chi connectivity index (χ3v) is 3.66. The van der Waals surface area contributed by atoms with E-state index in [4.69, 9.17) is 0 Å². The SMILES string of the molecule is C=C(C)[C@H]1CCC(=O)[C@]1(C)CCC(C)=O. The second-order valence-corrected chi connectivity index (χ2v) is 4.98. The maximum absolute atomic E-state index is 11.9. The number of Topliss-reactive ketones (excluding diaryl/α,β-unsaturated/α-hetero) is 2. The van der Waals surface area contributed by atoms with Crippen LogP contribution in [0.5, 0.6) is 0 Å². The normalized spacial score (nSPS) is 30.6. The van der Waals surface area contributed by atoms with Gasteiger partial charge in [0.05, 0.1) is 0 Å². The van der Waals surface area contributed by atoms with Crippen LogP contribution in [0.4, 0.5) is 0 Å². The molecule has 0 radical (unpaired) electrons. The van der Waals surface area contributed by atoms with Crippen molar-refractivity contribution in [3.05, 3.63) is 12.2 Å². The molecule has 0 aromatic carbocycles. The predicted octanol–water partition coefficient (Wildman–Crippen LogP) is 2.92. The Bertz CT molecular complexity index is 304. The number of rotatable bonds is 4. The molecule has 2 nitrogen and oxygen atoms in total. The molecule has 0 aliphatic heterocycles. The fourth-order valence-electron chi connectivity index (χ4n) is 2.61. The summed E-state index contributed by atoms with van der Waals surface area (Å²) in [5.41, 5.74) is 0.740. The van der Waals surface area contributed by atoms with Crippen molar-refractivity contribution < 1.29 is 9.59 Å². The maximum Gasteiger partial charge on any atom is 0.139 e. The van der Waals surface area contributed by atoms with Crippen LogP contribution in [0, 0.1) is 11.3 Å². The molecule has 0 saturated heterocycles. The number of carbonyl (C=O) groups is 2. The summed E-state index contributed by atoms with van der Waals surface area (Å²) in [6.45, 7) is 9.51. The molecule has 2 atom stereocenters. The van der Waals surface area contributed by atoms with E-state index in [0.29, 0.717) is 25.0 Å². The summed E-state index contributed by atoms with van der Waals surface area (Å²) in [6, 6.07) is 0. The molecule has 0 spiro atoms. The van der Waals surface area contributed by atoms with Gasteiger partial charge in [-0.2, -0.15) is 0 Å². The molecule has 0 bridgehead atoms. The van der Waals surface area contributed by atoms with Gasteiger partial charge in [0.15, 0.2) is 0 Å². The van der Waals surface area contributed by atoms with Gasteiger partial charge in [-0.3, -0.25) is 4.79 Å². The Hall–Kier alpha value is -0.920. The highest BCUT2D eigenvalue weighted by Crippen LogP contribution is 2.46. The lowest BCUT2D eigenvalue weighted by Gasteiger charge is -2.30. The van der Waals surface area contributed by atoms with Crippen LogP contribution in [-0.4, -0.2) is 11.6 Å². The zero-order valence-corrected chi connectivity index (χ0v) is 9.93. The summed E-state index contributed by atoms with van der Waals surface area (Å²) >= 11 is 0. The van der Waals surface area contributed by atoms with Gasteiger partial charge >= 0.3 is 0 Å². The topological polar surface area (TPSA) is 34.1 Å². The Balaban J connectivity index is 2.80. The van der Waals surface area contributed by atoms with Crippen LogP contribution in [-0.2, 0) is 9.59 Å². The van der Waals surface area contributed by atoms with Crippen LogP contribution in [0.3, 0.4) is 0 Å². The van der Waals surface area contributed by atoms with E-state index in [1.54, 1.807) is 6.92 Å². The zero-order valence-electron chi connectivity index (χ0n) is 9.93. The van der Waals surface area contributed by atoms with Gasteiger partial charge in [-0.25, -0.2) is 0 Å². The van der Waals surface area contributed by atoms with Crippen molar-refractivity contribution in [2.24, 2.45) is 11.3 Å². The minimum absolute atomic E-state index is 0.163. The molecular formula is C13H20O2. The van der Waals surface area contributed by atoms with E-state index in [2.05, 4.69) is 6.58 Å². The molecule has 1 rings (SSSR count). The van der Waals surface area contributed by atoms with Crippen molar-refractivity contribution in [2.45, 2.75) is 46.5 Å². The number of allylic oxidation sites excluding steroid dienone is 1. The Morgan fingerprint density at radius 3 is 2.60 bits per heavy atom. The van der Waals surface area contributed by atoms with Crippen molar-refractivity contribution in [3.63, 3.8) is 0 Å². The molecule has 0 aromatic heterocycles. The fourth-order valence-corrected chi connectivity index (χ4v) is 2.61. The molecule has 2 heteroatoms. The van der Waals surface area contributed by atoms with E-state index in [9.17, 15) is 9.59 Å². The first-order chi connectivity index (χ1) is 6.88. The number of carbonyl (C=O) groups excluding carboxylic acids is 2. The lowest BCUT2D eigenvalue weighted by atomic mass is 9.72. The van der Waals surface area contributed by atoms with Crippen molar-refractivity contribution in [1.29, 1.82) is 0 Å². The number of hydrogen-bond donors (Lipinski definition) is 0. The molecule has 1 fully saturated rings. The van der Waals surface area contributed by atoms with Crippen LogP contribution in [0.15, 0.2) is 12.2 Å². The van der Waals surface area contributed by atoms with E-state index >= 15 is 0 Å². The molecule has 0 heterocycles. The van der Waals surface area contributed by atoms with Gasteiger partial charge in [-0.15, -0.1) is 0 Å². The summed E-state index contributed by atoms with van der Waals surface area (Å²) in [6.07, 6.45) is 2.74. The Labute approximate surface area is 91.7 Å². The minimum atomic E-state index is -0.336. The molecule has 1 aliphatic carbocycles. The second kappa shape index (κ2) is 4.30. The monoisotopic (exact) mass is 208 g/mol. The largest absolute Gasteiger partial charge is 0.300 e. The van der Waals surface area contributed by atoms with Crippen molar-refractivity contribution in [3.8, 4) is 0 Å². The average molecular weight is 208 g/mol. The molecule has 84 valence electrons. The van der Waals surface area contributed by atoms with E-state index in [1.165, 1.54) is 0 Å². The molecule has 0 amide bonds. The molecule has 0 aromatic rings. The highest BCUT2D eigenvalue weighted by Gasteiger charge is 2.45. The van der Waals surface area contributed by atoms with Crippen LogP contribution in [0.25, 0.3) is 0 Å². The molecule has 1 aliphatic rings. The van der Waals surface area contributed by atoms with E-state index < -0.39 is 0 Å². The van der Waals surface area contributed by atoms with E-state index in [1.807, 2.05) is 13.8 Å². The standard InChI is InChI=1S/C13H20O2/c1-9(2)11-5-6-12(15)13(11,4)8-7-10(3)14/h11H,1,5-8H2,2-4H3/t11-,13-/m1/s1. The molecular weight excluding hydrogens is 188 g/mol. The van der Waals surface area contributed by atoms with Crippen LogP contribution in [0.1, 0.15) is 46.5 Å². The fraction of sp³-hybridized carbons (Fsp3) is 0.692. The number of hydrogen-bond acceptors (Lipinski definition) is 2. The third kappa shape index (κ3) is 2.36. The first-order valence-corrected chi connectivity index (χ1v) is 5.56. The Morgan fingerprint density at radius 2 is 2.13 bits per heavy atom. The Kier molecular flexibility index (Phi) is 3.48. The van der Waals surface area contributed by atoms with Crippen LogP contribution in [0.2, 0.25) is 0 Å². The highest BCUT2D eigenvalue weighted by molar-refractivity contribution is 5.88. The summed E-state index contributed by atoms with van der Waals surface area (Å²) in [5, 5.41) is 0. The highest BCUT2D eigenvalue weighted by atomic mass is 16.1. The molecule has 0 N–H and O–H groups in total. The minimum Gasteiger partial charge on any atom is -0.300 e. The Morgan fingerprint density at radius 1 is 1.53 bits per heavy atom. The summed E-state index contributed by atoms with van der Waals surface area (Å²) in [7, 11) is 0. The summed E-state index contributed by atoms with van der Waals surface area (Å²) < 4.78 is 0. The van der Waals surface area contributed by atoms with Gasteiger partial charge in [-0.1, -0.05) is 19.1 Å². The lowest BCUT2D eigenvalue weighted by Crippen LogP contribution is -2.30. The van der Waals surface area contributed by atoms with Gasteiger partial charge < -0.3 is 4.79 Å². The van der Waals surface area contributed by atoms with Gasteiger partial charge in [0.2, 0.25) is 0 Å².